The summed E-state index contributed by atoms with van der Waals surface area (Å²) in [5, 5.41) is 0. The smallest absolute Gasteiger partial charge is 0.445 e. The van der Waals surface area contributed by atoms with Gasteiger partial charge in [0.05, 0.1) is 0 Å². The summed E-state index contributed by atoms with van der Waals surface area (Å²) in [7, 11) is 0. The van der Waals surface area contributed by atoms with Gasteiger partial charge in [-0.2, -0.15) is 0 Å². The first-order valence-corrected chi connectivity index (χ1v) is 3.94. The Labute approximate surface area is 75.1 Å². The molecule has 0 bridgehead atoms. The number of halogens is 3. The van der Waals surface area contributed by atoms with Crippen molar-refractivity contribution in [1.82, 2.24) is 0 Å². The van der Waals surface area contributed by atoms with Crippen LogP contribution in [0.1, 0.15) is 11.1 Å². The Morgan fingerprint density at radius 2 is 1.77 bits per heavy atom. The van der Waals surface area contributed by atoms with E-state index in [0.717, 1.165) is 11.6 Å². The molecule has 0 heterocycles. The van der Waals surface area contributed by atoms with Crippen molar-refractivity contribution in [3.63, 3.8) is 0 Å². The first-order chi connectivity index (χ1) is 5.99. The summed E-state index contributed by atoms with van der Waals surface area (Å²) < 4.78 is 35.5. The van der Waals surface area contributed by atoms with Crippen LogP contribution < -0.4 is 0 Å². The van der Waals surface area contributed by atoms with Gasteiger partial charge in [-0.3, -0.25) is 0 Å². The molecule has 1 rings (SSSR count). The molecule has 0 aromatic heterocycles. The van der Waals surface area contributed by atoms with Crippen molar-refractivity contribution in [2.24, 2.45) is 0 Å². The summed E-state index contributed by atoms with van der Waals surface area (Å²) in [4.78, 5) is 0. The highest BCUT2D eigenvalue weighted by atomic mass is 19.4. The third-order valence-corrected chi connectivity index (χ3v) is 1.68. The monoisotopic (exact) mass is 185 g/mol. The maximum Gasteiger partial charge on any atom is 0.502 e. The molecule has 0 atom stereocenters. The van der Waals surface area contributed by atoms with Crippen LogP contribution in [0.3, 0.4) is 0 Å². The van der Waals surface area contributed by atoms with E-state index in [1.165, 1.54) is 0 Å². The summed E-state index contributed by atoms with van der Waals surface area (Å²) in [6, 6.07) is 6.96. The van der Waals surface area contributed by atoms with Crippen molar-refractivity contribution in [1.29, 1.82) is 0 Å². The second kappa shape index (κ2) is 3.68. The topological polar surface area (TPSA) is 0 Å². The fourth-order valence-corrected chi connectivity index (χ4v) is 0.987. The average molecular weight is 185 g/mol. The Balaban J connectivity index is 2.86. The van der Waals surface area contributed by atoms with Crippen LogP contribution in [0.4, 0.5) is 12.9 Å². The quantitative estimate of drug-likeness (QED) is 0.619. The predicted octanol–water partition coefficient (Wildman–Crippen LogP) is 3.39. The van der Waals surface area contributed by atoms with E-state index in [1.807, 2.05) is 0 Å². The number of benzene rings is 1. The second-order valence-corrected chi connectivity index (χ2v) is 2.84. The Morgan fingerprint density at radius 3 is 2.31 bits per heavy atom. The third kappa shape index (κ3) is 3.36. The molecule has 0 amide bonds. The Hall–Kier alpha value is -1.19. The predicted molar refractivity (Wildman–Crippen MR) is 49.3 cm³/mol. The first kappa shape index (κ1) is 9.90. The number of aryl methyl sites for hydroxylation is 1. The van der Waals surface area contributed by atoms with Crippen molar-refractivity contribution in [2.75, 3.05) is 0 Å². The molecule has 0 spiro atoms. The minimum Gasteiger partial charge on any atom is -0.445 e. The van der Waals surface area contributed by atoms with Crippen LogP contribution in [0.25, 0.3) is 6.08 Å². The van der Waals surface area contributed by atoms with E-state index in [4.69, 9.17) is 0 Å². The molecule has 0 N–H and O–H groups in total. The van der Waals surface area contributed by atoms with Crippen LogP contribution in [0, 0.1) is 6.92 Å². The molecule has 0 saturated heterocycles. The van der Waals surface area contributed by atoms with Gasteiger partial charge in [0, 0.05) is 0 Å². The van der Waals surface area contributed by atoms with Crippen LogP contribution in [0.5, 0.6) is 0 Å². The molecular weight excluding hydrogens is 176 g/mol. The van der Waals surface area contributed by atoms with Gasteiger partial charge in [-0.05, 0) is 18.1 Å². The van der Waals surface area contributed by atoms with Crippen LogP contribution in [-0.2, 0) is 0 Å². The van der Waals surface area contributed by atoms with E-state index < -0.39 is 6.98 Å². The molecule has 0 nitrogen and oxygen atoms in total. The molecule has 70 valence electrons. The SMILES string of the molecule is Cc1ccccc1/C=C/[B-](F)(F)F. The minimum absolute atomic E-state index is 0.308. The molecule has 0 radical (unpaired) electrons. The maximum atomic E-state index is 11.8. The van der Waals surface area contributed by atoms with Gasteiger partial charge >= 0.3 is 6.98 Å². The largest absolute Gasteiger partial charge is 0.502 e. The summed E-state index contributed by atoms with van der Waals surface area (Å²) in [5.41, 5.74) is 1.46. The van der Waals surface area contributed by atoms with Gasteiger partial charge in [-0.25, -0.2) is 0 Å². The number of hydrogen-bond acceptors (Lipinski definition) is 0. The number of rotatable bonds is 2. The lowest BCUT2D eigenvalue weighted by Crippen LogP contribution is -2.09. The lowest BCUT2D eigenvalue weighted by molar-refractivity contribution is 0.499. The molecule has 0 aliphatic heterocycles. The van der Waals surface area contributed by atoms with E-state index in [-0.39, 0.29) is 0 Å². The molecule has 0 unspecified atom stereocenters. The van der Waals surface area contributed by atoms with Gasteiger partial charge in [0.25, 0.3) is 0 Å². The summed E-state index contributed by atoms with van der Waals surface area (Å²) in [6.07, 6.45) is 1.11. The highest BCUT2D eigenvalue weighted by molar-refractivity contribution is 6.64. The van der Waals surface area contributed by atoms with Crippen molar-refractivity contribution in [3.05, 3.63) is 41.4 Å². The highest BCUT2D eigenvalue weighted by Gasteiger charge is 2.16. The normalized spacial score (nSPS) is 12.3. The number of hydrogen-bond donors (Lipinski definition) is 0. The van der Waals surface area contributed by atoms with Crippen molar-refractivity contribution in [2.45, 2.75) is 6.92 Å². The lowest BCUT2D eigenvalue weighted by atomic mass is 9.90. The lowest BCUT2D eigenvalue weighted by Gasteiger charge is -2.07. The van der Waals surface area contributed by atoms with Crippen LogP contribution >= 0.6 is 0 Å². The van der Waals surface area contributed by atoms with Gasteiger partial charge in [0.15, 0.2) is 0 Å². The van der Waals surface area contributed by atoms with Gasteiger partial charge in [-0.1, -0.05) is 30.3 Å². The highest BCUT2D eigenvalue weighted by Crippen LogP contribution is 2.14. The van der Waals surface area contributed by atoms with Gasteiger partial charge < -0.3 is 12.9 Å². The summed E-state index contributed by atoms with van der Waals surface area (Å²) >= 11 is 0. The molecule has 0 fully saturated rings. The van der Waals surface area contributed by atoms with Crippen molar-refractivity contribution < 1.29 is 12.9 Å². The molecule has 0 saturated carbocycles. The van der Waals surface area contributed by atoms with E-state index in [1.54, 1.807) is 31.2 Å². The Kier molecular flexibility index (Phi) is 2.81. The standard InChI is InChI=1S/C9H9BF3/c1-8-4-2-3-5-9(8)6-7-10(11,12)13/h2-7H,1H3/q-1/b7-6+. The zero-order chi connectivity index (χ0) is 9.90. The zero-order valence-corrected chi connectivity index (χ0v) is 7.18. The fraction of sp³-hybridized carbons (Fsp3) is 0.111. The van der Waals surface area contributed by atoms with Crippen molar-refractivity contribution in [3.8, 4) is 0 Å². The second-order valence-electron chi connectivity index (χ2n) is 2.84. The van der Waals surface area contributed by atoms with Crippen LogP contribution in [0.15, 0.2) is 30.2 Å². The van der Waals surface area contributed by atoms with Crippen molar-refractivity contribution >= 4 is 13.1 Å². The molecule has 1 aromatic carbocycles. The molecule has 0 aliphatic rings. The zero-order valence-electron chi connectivity index (χ0n) is 7.18. The van der Waals surface area contributed by atoms with Gasteiger partial charge in [-0.15, -0.1) is 5.98 Å². The van der Waals surface area contributed by atoms with Gasteiger partial charge in [0.1, 0.15) is 0 Å². The average Bonchev–Trinajstić information content (AvgIpc) is 2.01. The summed E-state index contributed by atoms with van der Waals surface area (Å²) in [6.45, 7) is -3.04. The minimum atomic E-state index is -4.82. The van der Waals surface area contributed by atoms with E-state index in [0.29, 0.717) is 11.5 Å². The molecular formula is C9H9BF3-. The van der Waals surface area contributed by atoms with E-state index in [2.05, 4.69) is 0 Å². The molecule has 13 heavy (non-hydrogen) atoms. The molecule has 4 heteroatoms. The van der Waals surface area contributed by atoms with Crippen LogP contribution in [-0.4, -0.2) is 6.98 Å². The van der Waals surface area contributed by atoms with Gasteiger partial charge in [0.2, 0.25) is 0 Å². The van der Waals surface area contributed by atoms with E-state index >= 15 is 0 Å². The molecule has 1 aromatic rings. The van der Waals surface area contributed by atoms with E-state index in [9.17, 15) is 12.9 Å². The Bertz CT molecular complexity index is 315. The molecule has 0 aliphatic carbocycles. The maximum absolute atomic E-state index is 11.8. The first-order valence-electron chi connectivity index (χ1n) is 3.94. The third-order valence-electron chi connectivity index (χ3n) is 1.68. The fourth-order valence-electron chi connectivity index (χ4n) is 0.987. The summed E-state index contributed by atoms with van der Waals surface area (Å²) in [5.74, 6) is 0.308. The Morgan fingerprint density at radius 1 is 1.15 bits per heavy atom. The van der Waals surface area contributed by atoms with Crippen LogP contribution in [0.2, 0.25) is 0 Å².